The molecule has 8 N–H and O–H groups in total. The van der Waals surface area contributed by atoms with Crippen molar-refractivity contribution in [2.75, 3.05) is 0 Å². The molecule has 16 heteroatoms. The van der Waals surface area contributed by atoms with E-state index < -0.39 is 23.9 Å². The van der Waals surface area contributed by atoms with Crippen LogP contribution in [-0.4, -0.2) is 84.2 Å². The lowest BCUT2D eigenvalue weighted by Crippen LogP contribution is -2.19. The Bertz CT molecular complexity index is 3000. The normalized spacial score (nSPS) is 12.4. The third kappa shape index (κ3) is 8.38. The number of carboxylic acid groups (broad SMARTS) is 4. The smallest absolute Gasteiger partial charge is 0.309 e. The number of fused-ring (bicyclic) bond motifs is 8. The number of hydrogen-bond acceptors (Lipinski definition) is 8. The first-order chi connectivity index (χ1) is 30.9. The Kier molecular flexibility index (Phi) is 10.7. The quantitative estimate of drug-likeness (QED) is 0.0881. The molecule has 0 saturated carbocycles. The predicted octanol–water partition coefficient (Wildman–Crippen LogP) is 2.39. The lowest BCUT2D eigenvalue weighted by Gasteiger charge is -2.11. The number of pyridine rings is 4. The van der Waals surface area contributed by atoms with E-state index in [0.29, 0.717) is 111 Å². The van der Waals surface area contributed by atoms with Crippen molar-refractivity contribution in [2.24, 2.45) is 0 Å². The minimum absolute atomic E-state index is 0.298. The fraction of sp³-hybridized carbons (Fsp3) is 0.0833. The molecule has 0 unspecified atom stereocenters. The van der Waals surface area contributed by atoms with Crippen molar-refractivity contribution >= 4 is 46.2 Å². The first-order valence-electron chi connectivity index (χ1n) is 19.9. The molecule has 0 amide bonds. The third-order valence-electron chi connectivity index (χ3n) is 10.6. The van der Waals surface area contributed by atoms with Gasteiger partial charge >= 0.3 is 23.9 Å². The Morgan fingerprint density at radius 3 is 0.797 bits per heavy atom. The maximum atomic E-state index is 11.8. The zero-order valence-corrected chi connectivity index (χ0v) is 33.6. The van der Waals surface area contributed by atoms with E-state index in [9.17, 15) is 39.6 Å². The van der Waals surface area contributed by atoms with Gasteiger partial charge < -0.3 is 40.4 Å². The third-order valence-corrected chi connectivity index (χ3v) is 10.6. The molecular formula is C48H36N8O8. The minimum Gasteiger partial charge on any atom is -0.481 e. The van der Waals surface area contributed by atoms with Crippen LogP contribution >= 0.6 is 0 Å². The molecule has 16 nitrogen and oxygen atoms in total. The number of aromatic amines is 4. The van der Waals surface area contributed by atoms with Crippen LogP contribution in [0.3, 0.4) is 0 Å². The summed E-state index contributed by atoms with van der Waals surface area (Å²) >= 11 is 0. The van der Waals surface area contributed by atoms with E-state index in [1.54, 1.807) is 73.3 Å². The van der Waals surface area contributed by atoms with E-state index in [0.717, 1.165) is 0 Å². The molecule has 0 atom stereocenters. The van der Waals surface area contributed by atoms with Gasteiger partial charge in [-0.3, -0.25) is 39.1 Å². The minimum atomic E-state index is -1.03. The molecule has 1 aliphatic rings. The van der Waals surface area contributed by atoms with Crippen molar-refractivity contribution in [3.63, 3.8) is 0 Å². The average Bonchev–Trinajstić information content (AvgIpc) is 4.09. The Balaban J connectivity index is 1.40. The molecule has 0 saturated heterocycles. The van der Waals surface area contributed by atoms with Gasteiger partial charge in [0, 0.05) is 91.3 Å². The number of H-pyrrole nitrogens is 4. The van der Waals surface area contributed by atoms with Crippen LogP contribution in [-0.2, 0) is 44.9 Å². The van der Waals surface area contributed by atoms with Gasteiger partial charge in [-0.2, -0.15) is 0 Å². The second-order valence-corrected chi connectivity index (χ2v) is 15.1. The number of nitrogens with zero attached hydrogens (tertiary/aromatic N) is 4. The molecule has 8 bridgehead atoms. The highest BCUT2D eigenvalue weighted by Crippen LogP contribution is 2.28. The van der Waals surface area contributed by atoms with E-state index in [2.05, 4.69) is 39.9 Å². The van der Waals surface area contributed by atoms with E-state index >= 15 is 0 Å². The van der Waals surface area contributed by atoms with E-state index in [4.69, 9.17) is 0 Å². The summed E-state index contributed by atoms with van der Waals surface area (Å²) in [4.78, 5) is 79.0. The maximum Gasteiger partial charge on any atom is 0.309 e. The molecule has 0 radical (unpaired) electrons. The van der Waals surface area contributed by atoms with Crippen LogP contribution in [0.5, 0.6) is 0 Å². The van der Waals surface area contributed by atoms with Gasteiger partial charge in [-0.25, -0.2) is 0 Å². The molecule has 9 heterocycles. The molecule has 9 rings (SSSR count). The highest BCUT2D eigenvalue weighted by molar-refractivity contribution is 5.85. The SMILES string of the molecule is O=C(O)Cc1cc(C2=c3ccc([nH]3)=C(c3ccnc(CC(=O)O)c3)c3ccc([nH]3)C(c3ccnc(CC(=O)O)c3)=c3ccc([nH]3)=C(c3ccnc(CC(=O)O)c3)c3ccc2[nH]3)ccn1. The molecule has 1 aliphatic heterocycles. The molecule has 8 aromatic rings. The van der Waals surface area contributed by atoms with Crippen LogP contribution in [0.4, 0.5) is 0 Å². The van der Waals surface area contributed by atoms with Gasteiger partial charge in [0.25, 0.3) is 0 Å². The molecule has 316 valence electrons. The van der Waals surface area contributed by atoms with Crippen molar-refractivity contribution in [1.29, 1.82) is 0 Å². The molecule has 0 aromatic carbocycles. The Morgan fingerprint density at radius 2 is 0.578 bits per heavy atom. The summed E-state index contributed by atoms with van der Waals surface area (Å²) < 4.78 is 0. The number of nitrogens with one attached hydrogen (secondary N) is 4. The van der Waals surface area contributed by atoms with Gasteiger partial charge in [-0.1, -0.05) is 0 Å². The molecule has 0 fully saturated rings. The van der Waals surface area contributed by atoms with Gasteiger partial charge in [-0.15, -0.1) is 0 Å². The summed E-state index contributed by atoms with van der Waals surface area (Å²) in [5, 5.41) is 41.3. The van der Waals surface area contributed by atoms with Gasteiger partial charge in [0.2, 0.25) is 0 Å². The van der Waals surface area contributed by atoms with Crippen LogP contribution in [0.15, 0.2) is 122 Å². The monoisotopic (exact) mass is 852 g/mol. The number of aliphatic carboxylic acids is 4. The number of carboxylic acids is 4. The second-order valence-electron chi connectivity index (χ2n) is 15.1. The summed E-state index contributed by atoms with van der Waals surface area (Å²) in [5.74, 6) is -4.13. The van der Waals surface area contributed by atoms with E-state index in [-0.39, 0.29) is 25.7 Å². The molecule has 8 aromatic heterocycles. The van der Waals surface area contributed by atoms with E-state index in [1.807, 2.05) is 48.5 Å². The molecule has 64 heavy (non-hydrogen) atoms. The Hall–Kier alpha value is -8.92. The zero-order valence-electron chi connectivity index (χ0n) is 33.6. The summed E-state index contributed by atoms with van der Waals surface area (Å²) in [6.45, 7) is 0. The zero-order chi connectivity index (χ0) is 44.5. The number of rotatable bonds is 12. The van der Waals surface area contributed by atoms with Gasteiger partial charge in [0.05, 0.1) is 48.5 Å². The van der Waals surface area contributed by atoms with Crippen LogP contribution in [0, 0.1) is 0 Å². The van der Waals surface area contributed by atoms with Crippen LogP contribution in [0.25, 0.3) is 22.3 Å². The lowest BCUT2D eigenvalue weighted by atomic mass is 10.0. The first kappa shape index (κ1) is 40.5. The van der Waals surface area contributed by atoms with Crippen molar-refractivity contribution in [3.05, 3.63) is 211 Å². The van der Waals surface area contributed by atoms with E-state index in [1.165, 1.54) is 0 Å². The molecule has 0 spiro atoms. The number of carbonyl (C=O) groups is 4. The average molecular weight is 853 g/mol. The Labute approximate surface area is 361 Å². The van der Waals surface area contributed by atoms with Crippen LogP contribution in [0.2, 0.25) is 0 Å². The van der Waals surface area contributed by atoms with Gasteiger partial charge in [0.15, 0.2) is 0 Å². The summed E-state index contributed by atoms with van der Waals surface area (Å²) in [6, 6.07) is 29.4. The highest BCUT2D eigenvalue weighted by Gasteiger charge is 2.20. The summed E-state index contributed by atoms with van der Waals surface area (Å²) in [6.07, 6.45) is 5.06. The van der Waals surface area contributed by atoms with Gasteiger partial charge in [0.1, 0.15) is 0 Å². The van der Waals surface area contributed by atoms with Crippen molar-refractivity contribution < 1.29 is 39.6 Å². The maximum absolute atomic E-state index is 11.8. The fourth-order valence-electron chi connectivity index (χ4n) is 8.11. The molecule has 0 aliphatic carbocycles. The Morgan fingerprint density at radius 1 is 0.344 bits per heavy atom. The first-order valence-corrected chi connectivity index (χ1v) is 19.9. The predicted molar refractivity (Wildman–Crippen MR) is 230 cm³/mol. The summed E-state index contributed by atoms with van der Waals surface area (Å²) in [5.41, 5.74) is 9.41. The van der Waals surface area contributed by atoms with Crippen LogP contribution < -0.4 is 21.4 Å². The lowest BCUT2D eigenvalue weighted by molar-refractivity contribution is -0.137. The van der Waals surface area contributed by atoms with Crippen molar-refractivity contribution in [1.82, 2.24) is 39.9 Å². The fourth-order valence-corrected chi connectivity index (χ4v) is 8.11. The largest absolute Gasteiger partial charge is 0.481 e. The van der Waals surface area contributed by atoms with Crippen molar-refractivity contribution in [2.45, 2.75) is 25.7 Å². The standard InChI is InChI=1S/C48H36N8O8/c57-41(58)21-29-17-25(9-13-49-29)45-33-1-2-34(53-33)46(26-10-14-50-30(18-26)22-42(59)60)36-5-6-38(55-36)48(28-12-16-52-32(20-28)24-44(63)64)40-8-7-39(56-40)47(37-4-3-35(45)54-37)27-11-15-51-31(19-27)23-43(61)62/h1-20,53-56H,21-24H2,(H,57,58)(H,59,60)(H,61,62)(H,63,64). The van der Waals surface area contributed by atoms with Crippen LogP contribution in [0.1, 0.15) is 67.8 Å². The number of aromatic nitrogens is 8. The molecular weight excluding hydrogens is 817 g/mol. The van der Waals surface area contributed by atoms with Crippen molar-refractivity contribution in [3.8, 4) is 0 Å². The second kappa shape index (κ2) is 16.9. The highest BCUT2D eigenvalue weighted by atomic mass is 16.4. The topological polar surface area (TPSA) is 264 Å². The number of hydrogen-bond donors (Lipinski definition) is 8. The van der Waals surface area contributed by atoms with Gasteiger partial charge in [-0.05, 0) is 119 Å². The summed E-state index contributed by atoms with van der Waals surface area (Å²) in [7, 11) is 0.